The molecule has 0 bridgehead atoms. The van der Waals surface area contributed by atoms with Crippen molar-refractivity contribution in [2.75, 3.05) is 0 Å². The number of halogens is 2. The Morgan fingerprint density at radius 2 is 0.741 bits per heavy atom. The molecule has 58 heavy (non-hydrogen) atoms. The van der Waals surface area contributed by atoms with Crippen LogP contribution in [-0.2, 0) is 15.6 Å². The molecule has 0 radical (unpaired) electrons. The van der Waals surface area contributed by atoms with Crippen LogP contribution in [0.15, 0.2) is 157 Å². The molecule has 0 aromatic heterocycles. The third kappa shape index (κ3) is 7.47. The zero-order valence-electron chi connectivity index (χ0n) is 34.7. The predicted molar refractivity (Wildman–Crippen MR) is 255 cm³/mol. The molecule has 2 aliphatic rings. The van der Waals surface area contributed by atoms with E-state index in [0.29, 0.717) is 0 Å². The van der Waals surface area contributed by atoms with Crippen molar-refractivity contribution in [2.24, 2.45) is 0 Å². The Kier molecular flexibility index (Phi) is 12.5. The molecule has 6 aromatic carbocycles. The predicted octanol–water partition coefficient (Wildman–Crippen LogP) is 17.1. The minimum atomic E-state index is -5.27. The van der Waals surface area contributed by atoms with Crippen molar-refractivity contribution in [3.05, 3.63) is 179 Å². The molecule has 0 saturated heterocycles. The first-order valence-electron chi connectivity index (χ1n) is 21.8. The van der Waals surface area contributed by atoms with Gasteiger partial charge in [0.25, 0.3) is 0 Å². The first-order valence-corrected chi connectivity index (χ1v) is 38.1. The molecule has 2 aliphatic carbocycles. The Balaban J connectivity index is 1.47. The van der Waals surface area contributed by atoms with E-state index in [1.165, 1.54) is 104 Å². The van der Waals surface area contributed by atoms with Crippen LogP contribution in [0.25, 0.3) is 56.7 Å². The van der Waals surface area contributed by atoms with Gasteiger partial charge in [-0.05, 0) is 0 Å². The molecule has 2 unspecified atom stereocenters. The third-order valence-electron chi connectivity index (χ3n) is 13.2. The molecular weight excluding hydrogens is 839 g/mol. The van der Waals surface area contributed by atoms with Crippen LogP contribution in [-0.4, -0.2) is 5.92 Å². The summed E-state index contributed by atoms with van der Waals surface area (Å²) in [6, 6.07) is 53.5. The summed E-state index contributed by atoms with van der Waals surface area (Å²) in [5.41, 5.74) is 18.5. The molecule has 0 nitrogen and oxygen atoms in total. The number of hydrogen-bond donors (Lipinski definition) is 0. The summed E-state index contributed by atoms with van der Waals surface area (Å²) in [6.07, 6.45) is 14.2. The van der Waals surface area contributed by atoms with Crippen LogP contribution < -0.4 is 0 Å². The van der Waals surface area contributed by atoms with Crippen LogP contribution in [0, 0.1) is 0 Å². The zero-order valence-corrected chi connectivity index (χ0v) is 39.8. The van der Waals surface area contributed by atoms with E-state index in [1.807, 2.05) is 0 Å². The van der Waals surface area contributed by atoms with Crippen LogP contribution in [0.4, 0.5) is 0 Å². The van der Waals surface area contributed by atoms with Gasteiger partial charge in [0.05, 0.1) is 0 Å². The van der Waals surface area contributed by atoms with E-state index in [-0.39, 0.29) is 7.25 Å². The van der Waals surface area contributed by atoms with E-state index in [0.717, 1.165) is 25.7 Å². The van der Waals surface area contributed by atoms with Crippen LogP contribution >= 0.6 is 17.0 Å². The quantitative estimate of drug-likeness (QED) is 0.0712. The summed E-state index contributed by atoms with van der Waals surface area (Å²) < 4.78 is -0.00612. The topological polar surface area (TPSA) is 0 Å². The number of unbranched alkanes of at least 4 members (excludes halogenated alkanes) is 4. The monoisotopic (exact) mass is 893 g/mol. The Bertz CT molecular complexity index is 2270. The van der Waals surface area contributed by atoms with E-state index in [9.17, 15) is 17.0 Å². The maximum atomic E-state index is 9.28. The summed E-state index contributed by atoms with van der Waals surface area (Å²) in [6.45, 7) is 9.65. The number of hydrogen-bond acceptors (Lipinski definition) is 0. The normalized spacial score (nSPS) is 16.7. The van der Waals surface area contributed by atoms with Gasteiger partial charge in [0.2, 0.25) is 0 Å². The molecule has 0 aliphatic heterocycles. The van der Waals surface area contributed by atoms with E-state index < -0.39 is 21.5 Å². The molecule has 0 heterocycles. The molecule has 0 saturated carbocycles. The molecule has 0 spiro atoms. The van der Waals surface area contributed by atoms with Crippen molar-refractivity contribution in [3.63, 3.8) is 0 Å². The van der Waals surface area contributed by atoms with Gasteiger partial charge >= 0.3 is 360 Å². The van der Waals surface area contributed by atoms with Crippen molar-refractivity contribution in [1.82, 2.24) is 0 Å². The minimum absolute atomic E-state index is 0.00306. The zero-order chi connectivity index (χ0) is 40.3. The number of fused-ring (bicyclic) bond motifs is 2. The molecule has 2 atom stereocenters. The van der Waals surface area contributed by atoms with Gasteiger partial charge < -0.3 is 0 Å². The van der Waals surface area contributed by atoms with Crippen molar-refractivity contribution in [1.29, 1.82) is 0 Å². The Labute approximate surface area is 356 Å². The summed E-state index contributed by atoms with van der Waals surface area (Å²) in [5.74, 6) is -1.85. The molecule has 6 aromatic rings. The van der Waals surface area contributed by atoms with Crippen LogP contribution in [0.5, 0.6) is 0 Å². The standard InChI is InChI=1S/2C26H25.C2H7Si.2ClH.Zr/c2*1-2-3-6-11-20-18-25-23(21-12-7-4-8-13-21)16-17-24(26(25)19-20)22-14-9-5-10-15-22;1-3-2;;;/h2*4-5,7-10,12-19H,2-3,6,11H2,1H3;3H,1-2H3;2*1H;/q;;;;;+2/p-2. The fraction of sp³-hybridized carbons (Fsp3) is 0.259. The SMILES string of the molecule is CCCCCC1=Cc2c(-c3ccccc3)ccc(-c3ccccc3)c2[CH]1[Zr]([Cl])([Cl])([CH]1C(CCCCC)=Cc2c(-c3ccccc3)ccc(-c3ccccc3)c21)[SiH](C)C. The van der Waals surface area contributed by atoms with Crippen molar-refractivity contribution >= 4 is 35.1 Å². The average Bonchev–Trinajstić information content (AvgIpc) is 3.85. The summed E-state index contributed by atoms with van der Waals surface area (Å²) >= 11 is -5.27. The molecule has 0 amide bonds. The van der Waals surface area contributed by atoms with Gasteiger partial charge in [0.1, 0.15) is 0 Å². The van der Waals surface area contributed by atoms with Gasteiger partial charge in [-0.25, -0.2) is 0 Å². The second-order valence-corrected chi connectivity index (χ2v) is 59.5. The molecule has 295 valence electrons. The Morgan fingerprint density at radius 1 is 0.431 bits per heavy atom. The third-order valence-corrected chi connectivity index (χ3v) is 65.0. The van der Waals surface area contributed by atoms with Gasteiger partial charge in [0, 0.05) is 0 Å². The number of allylic oxidation sites excluding steroid dienone is 2. The van der Waals surface area contributed by atoms with E-state index >= 15 is 0 Å². The first kappa shape index (κ1) is 41.2. The van der Waals surface area contributed by atoms with Crippen molar-refractivity contribution < 1.29 is 15.6 Å². The number of benzene rings is 6. The molecule has 0 N–H and O–H groups in total. The van der Waals surface area contributed by atoms with Gasteiger partial charge in [-0.3, -0.25) is 0 Å². The molecule has 4 heteroatoms. The average molecular weight is 896 g/mol. The van der Waals surface area contributed by atoms with Gasteiger partial charge in [0.15, 0.2) is 0 Å². The molecule has 8 rings (SSSR count). The summed E-state index contributed by atoms with van der Waals surface area (Å²) in [7, 11) is 18.6. The molecule has 0 fully saturated rings. The second kappa shape index (κ2) is 17.6. The van der Waals surface area contributed by atoms with E-state index in [1.54, 1.807) is 0 Å². The van der Waals surface area contributed by atoms with Crippen LogP contribution in [0.2, 0.25) is 13.1 Å². The summed E-state index contributed by atoms with van der Waals surface area (Å²) in [5, 5.41) is 0. The van der Waals surface area contributed by atoms with E-state index in [2.05, 4.69) is 185 Å². The molecular formula is C54H57Cl2SiZr. The second-order valence-electron chi connectivity index (χ2n) is 17.0. The van der Waals surface area contributed by atoms with Crippen LogP contribution in [0.1, 0.15) is 94.7 Å². The summed E-state index contributed by atoms with van der Waals surface area (Å²) in [4.78, 5) is 0. The van der Waals surface area contributed by atoms with Gasteiger partial charge in [-0.2, -0.15) is 0 Å². The Hall–Kier alpha value is -3.52. The first-order chi connectivity index (χ1) is 28.3. The van der Waals surface area contributed by atoms with E-state index in [4.69, 9.17) is 0 Å². The van der Waals surface area contributed by atoms with Gasteiger partial charge in [-0.15, -0.1) is 0 Å². The fourth-order valence-corrected chi connectivity index (χ4v) is 41.5. The van der Waals surface area contributed by atoms with Crippen molar-refractivity contribution in [2.45, 2.75) is 85.6 Å². The van der Waals surface area contributed by atoms with Crippen LogP contribution in [0.3, 0.4) is 0 Å². The maximum absolute atomic E-state index is 9.28. The number of rotatable bonds is 15. The fourth-order valence-electron chi connectivity index (χ4n) is 10.3. The van der Waals surface area contributed by atoms with Gasteiger partial charge in [-0.1, -0.05) is 0 Å². The van der Waals surface area contributed by atoms with Crippen molar-refractivity contribution in [3.8, 4) is 44.5 Å². The Morgan fingerprint density at radius 3 is 1.05 bits per heavy atom.